The molecule has 1 aliphatic carbocycles. The SMILES string of the molecule is Cc1cc(N)c(C)c(S(=O)(=O)N(CCO)C2CC2)c1. The minimum Gasteiger partial charge on any atom is -0.398 e. The van der Waals surface area contributed by atoms with E-state index in [1.54, 1.807) is 19.1 Å². The molecule has 0 aliphatic heterocycles. The molecule has 0 radical (unpaired) electrons. The van der Waals surface area contributed by atoms with Gasteiger partial charge in [0.1, 0.15) is 0 Å². The first-order chi connectivity index (χ1) is 8.87. The van der Waals surface area contributed by atoms with Crippen molar-refractivity contribution >= 4 is 15.7 Å². The molecule has 2 rings (SSSR count). The van der Waals surface area contributed by atoms with Gasteiger partial charge in [-0.2, -0.15) is 4.31 Å². The highest BCUT2D eigenvalue weighted by atomic mass is 32.2. The number of benzene rings is 1. The maximum atomic E-state index is 12.7. The summed E-state index contributed by atoms with van der Waals surface area (Å²) < 4.78 is 26.8. The summed E-state index contributed by atoms with van der Waals surface area (Å²) in [7, 11) is -3.58. The van der Waals surface area contributed by atoms with Crippen molar-refractivity contribution in [3.05, 3.63) is 23.3 Å². The molecule has 0 saturated heterocycles. The van der Waals surface area contributed by atoms with E-state index in [0.717, 1.165) is 18.4 Å². The molecule has 1 aromatic rings. The van der Waals surface area contributed by atoms with Crippen molar-refractivity contribution in [3.8, 4) is 0 Å². The molecule has 5 nitrogen and oxygen atoms in total. The van der Waals surface area contributed by atoms with Crippen LogP contribution in [-0.2, 0) is 10.0 Å². The van der Waals surface area contributed by atoms with Crippen LogP contribution in [0.3, 0.4) is 0 Å². The highest BCUT2D eigenvalue weighted by Crippen LogP contribution is 2.34. The molecule has 6 heteroatoms. The summed E-state index contributed by atoms with van der Waals surface area (Å²) in [5, 5.41) is 9.07. The Kier molecular flexibility index (Phi) is 3.85. The molecular weight excluding hydrogens is 264 g/mol. The Bertz CT molecular complexity index is 580. The predicted octanol–water partition coefficient (Wildman–Crippen LogP) is 1.03. The number of aliphatic hydroxyl groups is 1. The van der Waals surface area contributed by atoms with Crippen molar-refractivity contribution < 1.29 is 13.5 Å². The fraction of sp³-hybridized carbons (Fsp3) is 0.538. The average molecular weight is 284 g/mol. The number of aliphatic hydroxyl groups excluding tert-OH is 1. The van der Waals surface area contributed by atoms with E-state index in [2.05, 4.69) is 0 Å². The molecule has 1 aliphatic rings. The van der Waals surface area contributed by atoms with Crippen molar-refractivity contribution in [1.82, 2.24) is 4.31 Å². The fourth-order valence-corrected chi connectivity index (χ4v) is 4.22. The van der Waals surface area contributed by atoms with Gasteiger partial charge in [-0.1, -0.05) is 0 Å². The first-order valence-corrected chi connectivity index (χ1v) is 7.81. The number of hydrogen-bond acceptors (Lipinski definition) is 4. The Balaban J connectivity index is 2.49. The lowest BCUT2D eigenvalue weighted by molar-refractivity contribution is 0.250. The van der Waals surface area contributed by atoms with E-state index in [1.165, 1.54) is 4.31 Å². The van der Waals surface area contributed by atoms with E-state index in [-0.39, 0.29) is 24.1 Å². The average Bonchev–Trinajstić information content (AvgIpc) is 3.14. The van der Waals surface area contributed by atoms with Crippen molar-refractivity contribution in [2.45, 2.75) is 37.6 Å². The summed E-state index contributed by atoms with van der Waals surface area (Å²) >= 11 is 0. The van der Waals surface area contributed by atoms with Crippen molar-refractivity contribution in [1.29, 1.82) is 0 Å². The lowest BCUT2D eigenvalue weighted by Gasteiger charge is -2.22. The van der Waals surface area contributed by atoms with E-state index in [9.17, 15) is 8.42 Å². The van der Waals surface area contributed by atoms with Gasteiger partial charge in [-0.15, -0.1) is 0 Å². The Labute approximate surface area is 114 Å². The first kappa shape index (κ1) is 14.3. The third kappa shape index (κ3) is 2.75. The molecule has 0 heterocycles. The monoisotopic (exact) mass is 284 g/mol. The second kappa shape index (κ2) is 5.11. The Morgan fingerprint density at radius 3 is 2.53 bits per heavy atom. The van der Waals surface area contributed by atoms with Crippen molar-refractivity contribution in [2.24, 2.45) is 0 Å². The van der Waals surface area contributed by atoms with Gasteiger partial charge in [0.2, 0.25) is 10.0 Å². The maximum Gasteiger partial charge on any atom is 0.243 e. The number of sulfonamides is 1. The van der Waals surface area contributed by atoms with Gasteiger partial charge >= 0.3 is 0 Å². The molecule has 0 spiro atoms. The second-order valence-electron chi connectivity index (χ2n) is 5.05. The normalized spacial score (nSPS) is 16.0. The van der Waals surface area contributed by atoms with E-state index in [0.29, 0.717) is 11.3 Å². The zero-order valence-electron chi connectivity index (χ0n) is 11.3. The number of hydrogen-bond donors (Lipinski definition) is 2. The van der Waals surface area contributed by atoms with Crippen molar-refractivity contribution in [2.75, 3.05) is 18.9 Å². The molecule has 106 valence electrons. The summed E-state index contributed by atoms with van der Waals surface area (Å²) in [6.45, 7) is 3.50. The van der Waals surface area contributed by atoms with Crippen LogP contribution in [0.15, 0.2) is 17.0 Å². The van der Waals surface area contributed by atoms with Crippen LogP contribution in [0.1, 0.15) is 24.0 Å². The molecule has 0 atom stereocenters. The van der Waals surface area contributed by atoms with Gasteiger partial charge < -0.3 is 10.8 Å². The van der Waals surface area contributed by atoms with Crippen molar-refractivity contribution in [3.63, 3.8) is 0 Å². The summed E-state index contributed by atoms with van der Waals surface area (Å²) in [4.78, 5) is 0.255. The van der Waals surface area contributed by atoms with Gasteiger partial charge in [0, 0.05) is 18.3 Å². The lowest BCUT2D eigenvalue weighted by Crippen LogP contribution is -2.36. The number of nitrogen functional groups attached to an aromatic ring is 1. The minimum atomic E-state index is -3.58. The van der Waals surface area contributed by atoms with Gasteiger partial charge in [-0.05, 0) is 49.9 Å². The third-order valence-corrected chi connectivity index (χ3v) is 5.48. The smallest absolute Gasteiger partial charge is 0.243 e. The zero-order chi connectivity index (χ0) is 14.2. The lowest BCUT2D eigenvalue weighted by atomic mass is 10.1. The molecule has 0 bridgehead atoms. The fourth-order valence-electron chi connectivity index (χ4n) is 2.21. The summed E-state index contributed by atoms with van der Waals surface area (Å²) in [6, 6.07) is 3.44. The van der Waals surface area contributed by atoms with Crippen LogP contribution < -0.4 is 5.73 Å². The standard InChI is InChI=1S/C13H20N2O3S/c1-9-7-12(14)10(2)13(8-9)19(17,18)15(5-6-16)11-3-4-11/h7-8,11,16H,3-6,14H2,1-2H3. The molecule has 1 aromatic carbocycles. The molecule has 1 saturated carbocycles. The predicted molar refractivity (Wildman–Crippen MR) is 74.3 cm³/mol. The first-order valence-electron chi connectivity index (χ1n) is 6.37. The molecule has 19 heavy (non-hydrogen) atoms. The molecular formula is C13H20N2O3S. The number of aryl methyl sites for hydroxylation is 1. The van der Waals surface area contributed by atoms with Crippen LogP contribution >= 0.6 is 0 Å². The van der Waals surface area contributed by atoms with Crippen LogP contribution in [0.4, 0.5) is 5.69 Å². The topological polar surface area (TPSA) is 83.6 Å². The summed E-state index contributed by atoms with van der Waals surface area (Å²) in [6.07, 6.45) is 1.72. The van der Waals surface area contributed by atoms with Gasteiger partial charge in [0.15, 0.2) is 0 Å². The molecule has 3 N–H and O–H groups in total. The maximum absolute atomic E-state index is 12.7. The second-order valence-corrected chi connectivity index (χ2v) is 6.91. The minimum absolute atomic E-state index is 0.0262. The van der Waals surface area contributed by atoms with Gasteiger partial charge in [0.25, 0.3) is 0 Å². The van der Waals surface area contributed by atoms with E-state index >= 15 is 0 Å². The van der Waals surface area contributed by atoms with Crippen LogP contribution in [0.2, 0.25) is 0 Å². The highest BCUT2D eigenvalue weighted by molar-refractivity contribution is 7.89. The highest BCUT2D eigenvalue weighted by Gasteiger charge is 2.38. The number of anilines is 1. The van der Waals surface area contributed by atoms with Crippen LogP contribution in [-0.4, -0.2) is 37.0 Å². The molecule has 1 fully saturated rings. The van der Waals surface area contributed by atoms with Crippen LogP contribution in [0, 0.1) is 13.8 Å². The van der Waals surface area contributed by atoms with Crippen LogP contribution in [0.25, 0.3) is 0 Å². The van der Waals surface area contributed by atoms with Crippen LogP contribution in [0.5, 0.6) is 0 Å². The Morgan fingerprint density at radius 2 is 2.00 bits per heavy atom. The van der Waals surface area contributed by atoms with E-state index in [1.807, 2.05) is 6.92 Å². The quantitative estimate of drug-likeness (QED) is 0.791. The summed E-state index contributed by atoms with van der Waals surface area (Å²) in [5.41, 5.74) is 7.73. The number of nitrogens with two attached hydrogens (primary N) is 1. The van der Waals surface area contributed by atoms with Gasteiger partial charge in [-0.3, -0.25) is 0 Å². The third-order valence-electron chi connectivity index (χ3n) is 3.41. The van der Waals surface area contributed by atoms with E-state index in [4.69, 9.17) is 10.8 Å². The molecule has 0 unspecified atom stereocenters. The van der Waals surface area contributed by atoms with E-state index < -0.39 is 10.0 Å². The Morgan fingerprint density at radius 1 is 1.37 bits per heavy atom. The summed E-state index contributed by atoms with van der Waals surface area (Å²) in [5.74, 6) is 0. The van der Waals surface area contributed by atoms with Gasteiger partial charge in [0.05, 0.1) is 11.5 Å². The molecule has 0 amide bonds. The number of nitrogens with zero attached hydrogens (tertiary/aromatic N) is 1. The zero-order valence-corrected chi connectivity index (χ0v) is 12.1. The van der Waals surface area contributed by atoms with Gasteiger partial charge in [-0.25, -0.2) is 8.42 Å². The Hall–Kier alpha value is -1.11. The largest absolute Gasteiger partial charge is 0.398 e. The number of rotatable bonds is 5. The molecule has 0 aromatic heterocycles.